The number of aliphatic hydroxyl groups is 1. The molecule has 3 aromatic heterocycles. The van der Waals surface area contributed by atoms with Crippen molar-refractivity contribution in [1.82, 2.24) is 24.5 Å². The zero-order valence-electron chi connectivity index (χ0n) is 18.5. The molecule has 3 heterocycles. The topological polar surface area (TPSA) is 121 Å². The molecule has 0 amide bonds. The number of benzene rings is 1. The van der Waals surface area contributed by atoms with Gasteiger partial charge in [-0.3, -0.25) is 4.68 Å². The predicted molar refractivity (Wildman–Crippen MR) is 131 cm³/mol. The van der Waals surface area contributed by atoms with Crippen LogP contribution in [0.5, 0.6) is 5.75 Å². The van der Waals surface area contributed by atoms with Gasteiger partial charge in [-0.15, -0.1) is 0 Å². The maximum atomic E-state index is 14.3. The predicted octanol–water partition coefficient (Wildman–Crippen LogP) is 5.28. The van der Waals surface area contributed by atoms with Crippen LogP contribution in [-0.4, -0.2) is 34.6 Å². The van der Waals surface area contributed by atoms with Gasteiger partial charge in [0.15, 0.2) is 6.20 Å². The number of hydrogen-bond donors (Lipinski definition) is 1. The Bertz CT molecular complexity index is 1390. The normalized spacial score (nSPS) is 13.0. The summed E-state index contributed by atoms with van der Waals surface area (Å²) in [4.78, 5) is 14.5. The number of ether oxygens (including phenoxy) is 1. The van der Waals surface area contributed by atoms with E-state index >= 15 is 0 Å². The molecule has 0 aliphatic heterocycles. The number of aromatic nitrogens is 5. The van der Waals surface area contributed by atoms with Crippen LogP contribution >= 0.6 is 31.9 Å². The van der Waals surface area contributed by atoms with Crippen LogP contribution in [-0.2, 0) is 6.54 Å². The summed E-state index contributed by atoms with van der Waals surface area (Å²) in [6, 6.07) is 7.10. The van der Waals surface area contributed by atoms with Crippen molar-refractivity contribution in [2.75, 3.05) is 0 Å². The Labute approximate surface area is 215 Å². The second-order valence-electron chi connectivity index (χ2n) is 7.47. The molecule has 4 aromatic rings. The van der Waals surface area contributed by atoms with E-state index in [1.165, 1.54) is 41.3 Å². The molecule has 0 radical (unpaired) electrons. The van der Waals surface area contributed by atoms with Crippen LogP contribution in [0, 0.1) is 15.9 Å². The van der Waals surface area contributed by atoms with Crippen molar-refractivity contribution < 1.29 is 19.2 Å². The maximum absolute atomic E-state index is 14.3. The second-order valence-corrected chi connectivity index (χ2v) is 9.14. The van der Waals surface area contributed by atoms with Crippen LogP contribution in [0.25, 0.3) is 5.69 Å². The lowest BCUT2D eigenvalue weighted by molar-refractivity contribution is -0.390. The third-order valence-corrected chi connectivity index (χ3v) is 6.58. The van der Waals surface area contributed by atoms with E-state index in [4.69, 9.17) is 4.74 Å². The first-order valence-corrected chi connectivity index (χ1v) is 12.0. The van der Waals surface area contributed by atoms with Gasteiger partial charge in [-0.05, 0) is 79.9 Å². The zero-order valence-corrected chi connectivity index (χ0v) is 21.6. The van der Waals surface area contributed by atoms with Gasteiger partial charge >= 0.3 is 5.82 Å². The van der Waals surface area contributed by atoms with E-state index in [1.807, 2.05) is 6.92 Å². The number of hydrogen-bond acceptors (Lipinski definition) is 7. The molecule has 10 nitrogen and oxygen atoms in total. The Balaban J connectivity index is 1.75. The molecule has 2 atom stereocenters. The lowest BCUT2D eigenvalue weighted by Crippen LogP contribution is -2.14. The van der Waals surface area contributed by atoms with E-state index in [0.717, 1.165) is 0 Å². The number of pyridine rings is 1. The number of aryl methyl sites for hydroxylation is 1. The zero-order chi connectivity index (χ0) is 25.3. The van der Waals surface area contributed by atoms with Crippen LogP contribution < -0.4 is 4.74 Å². The molecule has 0 fully saturated rings. The third-order valence-electron chi connectivity index (χ3n) is 5.28. The summed E-state index contributed by atoms with van der Waals surface area (Å²) in [6.45, 7) is 4.17. The average molecular weight is 610 g/mol. The molecule has 35 heavy (non-hydrogen) atoms. The second kappa shape index (κ2) is 10.2. The standard InChI is InChI=1S/C22H19Br2FN6O4/c1-3-29-21(24)16(11-28-29)20(32)18-6-7-27-30(18)17-5-4-14(25)9-15(17)12(2)35-19-8-13(23)10-26-22(19)31(33)34/h4-12,20,32H,3H2,1-2H3. The van der Waals surface area contributed by atoms with E-state index in [1.54, 1.807) is 23.9 Å². The van der Waals surface area contributed by atoms with Crippen molar-refractivity contribution in [3.63, 3.8) is 0 Å². The fraction of sp³-hybridized carbons (Fsp3) is 0.227. The fourth-order valence-electron chi connectivity index (χ4n) is 3.61. The van der Waals surface area contributed by atoms with Crippen molar-refractivity contribution in [1.29, 1.82) is 0 Å². The van der Waals surface area contributed by atoms with Gasteiger partial charge in [-0.25, -0.2) is 9.07 Å². The van der Waals surface area contributed by atoms with Crippen molar-refractivity contribution in [2.24, 2.45) is 0 Å². The highest BCUT2D eigenvalue weighted by atomic mass is 79.9. The minimum Gasteiger partial charge on any atom is -0.478 e. The summed E-state index contributed by atoms with van der Waals surface area (Å²) in [5.41, 5.74) is 1.75. The Morgan fingerprint density at radius 2 is 1.97 bits per heavy atom. The van der Waals surface area contributed by atoms with Crippen LogP contribution in [0.2, 0.25) is 0 Å². The summed E-state index contributed by atoms with van der Waals surface area (Å²) < 4.78 is 24.4. The summed E-state index contributed by atoms with van der Waals surface area (Å²) in [5.74, 6) is -1.07. The highest BCUT2D eigenvalue weighted by Crippen LogP contribution is 2.35. The molecule has 0 aliphatic carbocycles. The molecule has 0 saturated carbocycles. The van der Waals surface area contributed by atoms with E-state index in [-0.39, 0.29) is 5.75 Å². The molecule has 2 unspecified atom stereocenters. The van der Waals surface area contributed by atoms with Crippen molar-refractivity contribution >= 4 is 37.7 Å². The number of rotatable bonds is 8. The van der Waals surface area contributed by atoms with Crippen LogP contribution in [0.3, 0.4) is 0 Å². The van der Waals surface area contributed by atoms with E-state index in [2.05, 4.69) is 47.0 Å². The minimum absolute atomic E-state index is 0.0799. The van der Waals surface area contributed by atoms with Crippen LogP contribution in [0.15, 0.2) is 58.0 Å². The SMILES string of the molecule is CCn1ncc(C(O)c2ccnn2-c2ccc(F)cc2C(C)Oc2cc(Br)cnc2[N+](=O)[O-])c1Br. The molecule has 0 bridgehead atoms. The first-order valence-electron chi connectivity index (χ1n) is 10.4. The van der Waals surface area contributed by atoms with Gasteiger partial charge in [0, 0.05) is 29.9 Å². The molecule has 1 aromatic carbocycles. The van der Waals surface area contributed by atoms with Gasteiger partial charge < -0.3 is 20.0 Å². The van der Waals surface area contributed by atoms with Gasteiger partial charge in [-0.1, -0.05) is 0 Å². The first kappa shape index (κ1) is 24.9. The molecule has 1 N–H and O–H groups in total. The summed E-state index contributed by atoms with van der Waals surface area (Å²) in [6.07, 6.45) is 2.44. The third kappa shape index (κ3) is 4.97. The smallest absolute Gasteiger partial charge is 0.406 e. The Hall–Kier alpha value is -3.16. The highest BCUT2D eigenvalue weighted by molar-refractivity contribution is 9.10. The van der Waals surface area contributed by atoms with E-state index in [0.29, 0.717) is 38.1 Å². The average Bonchev–Trinajstić information content (AvgIpc) is 3.45. The molecular formula is C22H19Br2FN6O4. The van der Waals surface area contributed by atoms with E-state index in [9.17, 15) is 19.6 Å². The van der Waals surface area contributed by atoms with Crippen LogP contribution in [0.4, 0.5) is 10.2 Å². The Kier molecular flexibility index (Phi) is 7.28. The van der Waals surface area contributed by atoms with Gasteiger partial charge in [0.1, 0.15) is 22.6 Å². The summed E-state index contributed by atoms with van der Waals surface area (Å²) in [5, 5.41) is 31.1. The lowest BCUT2D eigenvalue weighted by atomic mass is 10.1. The molecule has 182 valence electrons. The Morgan fingerprint density at radius 1 is 1.20 bits per heavy atom. The lowest BCUT2D eigenvalue weighted by Gasteiger charge is -2.20. The Morgan fingerprint density at radius 3 is 2.66 bits per heavy atom. The highest BCUT2D eigenvalue weighted by Gasteiger charge is 2.26. The molecule has 13 heteroatoms. The van der Waals surface area contributed by atoms with Gasteiger partial charge in [0.2, 0.25) is 5.75 Å². The summed E-state index contributed by atoms with van der Waals surface area (Å²) >= 11 is 6.70. The molecule has 0 spiro atoms. The molecule has 0 aliphatic rings. The molecular weight excluding hydrogens is 591 g/mol. The number of halogens is 3. The van der Waals surface area contributed by atoms with Crippen molar-refractivity contribution in [3.05, 3.63) is 90.8 Å². The van der Waals surface area contributed by atoms with E-state index < -0.39 is 28.8 Å². The first-order chi connectivity index (χ1) is 16.7. The van der Waals surface area contributed by atoms with Gasteiger partial charge in [0.25, 0.3) is 0 Å². The van der Waals surface area contributed by atoms with Crippen molar-refractivity contribution in [2.45, 2.75) is 32.6 Å². The number of nitrogens with zero attached hydrogens (tertiary/aromatic N) is 6. The van der Waals surface area contributed by atoms with Crippen LogP contribution in [0.1, 0.15) is 42.9 Å². The monoisotopic (exact) mass is 608 g/mol. The number of nitro groups is 1. The minimum atomic E-state index is -1.09. The quantitative estimate of drug-likeness (QED) is 0.213. The summed E-state index contributed by atoms with van der Waals surface area (Å²) in [7, 11) is 0. The molecule has 0 saturated heterocycles. The number of aliphatic hydroxyl groups excluding tert-OH is 1. The van der Waals surface area contributed by atoms with Crippen molar-refractivity contribution in [3.8, 4) is 11.4 Å². The van der Waals surface area contributed by atoms with Gasteiger partial charge in [0.05, 0.1) is 22.1 Å². The molecule has 4 rings (SSSR count). The van der Waals surface area contributed by atoms with Gasteiger partial charge in [-0.2, -0.15) is 10.2 Å². The largest absolute Gasteiger partial charge is 0.478 e. The fourth-order valence-corrected chi connectivity index (χ4v) is 4.58. The maximum Gasteiger partial charge on any atom is 0.406 e.